The number of fused-ring (bicyclic) bond motifs is 5. The molecule has 0 aliphatic heterocycles. The van der Waals surface area contributed by atoms with Crippen molar-refractivity contribution in [1.29, 1.82) is 0 Å². The van der Waals surface area contributed by atoms with Gasteiger partial charge in [-0.3, -0.25) is 9.59 Å². The second-order valence-electron chi connectivity index (χ2n) is 13.9. The molecule has 36 heavy (non-hydrogen) atoms. The molecule has 0 radical (unpaired) electrons. The van der Waals surface area contributed by atoms with E-state index in [1.54, 1.807) is 0 Å². The van der Waals surface area contributed by atoms with Crippen LogP contribution in [0.2, 0.25) is 0 Å². The van der Waals surface area contributed by atoms with Crippen LogP contribution in [0, 0.1) is 52.3 Å². The Labute approximate surface area is 219 Å². The second kappa shape index (κ2) is 10.2. The summed E-state index contributed by atoms with van der Waals surface area (Å²) in [4.78, 5) is 24.7. The lowest BCUT2D eigenvalue weighted by atomic mass is 9.42. The van der Waals surface area contributed by atoms with Crippen molar-refractivity contribution in [1.82, 2.24) is 0 Å². The molecule has 9 atom stereocenters. The van der Waals surface area contributed by atoms with Crippen LogP contribution in [0.4, 0.5) is 0 Å². The number of ether oxygens (including phenoxy) is 2. The van der Waals surface area contributed by atoms with Crippen molar-refractivity contribution in [3.63, 3.8) is 0 Å². The maximum absolute atomic E-state index is 12.4. The van der Waals surface area contributed by atoms with E-state index in [1.807, 2.05) is 0 Å². The molecule has 0 heterocycles. The first-order valence-electron chi connectivity index (χ1n) is 14.9. The molecule has 5 nitrogen and oxygen atoms in total. The number of rotatable bonds is 7. The molecule has 4 aliphatic rings. The molecule has 0 unspecified atom stereocenters. The predicted octanol–water partition coefficient (Wildman–Crippen LogP) is 6.90. The first-order valence-corrected chi connectivity index (χ1v) is 14.9. The Bertz CT molecular complexity index is 806. The van der Waals surface area contributed by atoms with Gasteiger partial charge in [-0.2, -0.15) is 0 Å². The molecular formula is C31H52O5. The van der Waals surface area contributed by atoms with Crippen molar-refractivity contribution in [3.8, 4) is 0 Å². The molecule has 0 saturated heterocycles. The van der Waals surface area contributed by atoms with Gasteiger partial charge in [-0.25, -0.2) is 0 Å². The Kier molecular flexibility index (Phi) is 7.93. The molecule has 0 amide bonds. The zero-order valence-electron chi connectivity index (χ0n) is 24.0. The first-order chi connectivity index (χ1) is 16.9. The molecule has 0 aromatic rings. The third kappa shape index (κ3) is 4.54. The van der Waals surface area contributed by atoms with Gasteiger partial charge >= 0.3 is 11.9 Å². The quantitative estimate of drug-likeness (QED) is 0.301. The highest BCUT2D eigenvalue weighted by molar-refractivity contribution is 5.69. The summed E-state index contributed by atoms with van der Waals surface area (Å²) in [7, 11) is 0. The van der Waals surface area contributed by atoms with E-state index in [4.69, 9.17) is 9.47 Å². The van der Waals surface area contributed by atoms with Gasteiger partial charge in [0.25, 0.3) is 5.79 Å². The molecule has 0 bridgehead atoms. The summed E-state index contributed by atoms with van der Waals surface area (Å²) in [6.07, 6.45) is 11.2. The first kappa shape index (κ1) is 27.9. The lowest BCUT2D eigenvalue weighted by molar-refractivity contribution is -0.330. The molecular weight excluding hydrogens is 452 g/mol. The molecule has 4 fully saturated rings. The van der Waals surface area contributed by atoms with E-state index in [0.29, 0.717) is 30.6 Å². The zero-order chi connectivity index (χ0) is 26.5. The maximum atomic E-state index is 12.4. The predicted molar refractivity (Wildman–Crippen MR) is 141 cm³/mol. The fourth-order valence-corrected chi connectivity index (χ4v) is 10.1. The summed E-state index contributed by atoms with van der Waals surface area (Å²) in [5.41, 5.74) is -0.239. The van der Waals surface area contributed by atoms with Crippen LogP contribution in [-0.4, -0.2) is 28.9 Å². The van der Waals surface area contributed by atoms with Gasteiger partial charge in [0.05, 0.1) is 11.5 Å². The van der Waals surface area contributed by atoms with Crippen LogP contribution in [-0.2, 0) is 19.1 Å². The SMILES string of the molecule is CC(=O)OC1(OC(C)=O)CCC[C@@H]2C[C@@H](O)[C@H]3[C@@H]4CC[C@H]([C@H](C)CCCC(C)C)[C@@]4(C)CC[C@@H]3[C@]21C. The Morgan fingerprint density at radius 2 is 1.58 bits per heavy atom. The molecule has 0 aromatic heterocycles. The molecule has 4 saturated carbocycles. The molecule has 4 aliphatic carbocycles. The largest absolute Gasteiger partial charge is 0.422 e. The molecule has 206 valence electrons. The number of carbonyl (C=O) groups is 2. The number of carbonyl (C=O) groups excluding carboxylic acids is 2. The van der Waals surface area contributed by atoms with Crippen LogP contribution in [0.25, 0.3) is 0 Å². The highest BCUT2D eigenvalue weighted by Gasteiger charge is 2.70. The minimum absolute atomic E-state index is 0.168. The van der Waals surface area contributed by atoms with Crippen molar-refractivity contribution in [2.75, 3.05) is 0 Å². The fourth-order valence-electron chi connectivity index (χ4n) is 10.1. The van der Waals surface area contributed by atoms with Gasteiger partial charge in [-0.05, 0) is 91.8 Å². The third-order valence-corrected chi connectivity index (χ3v) is 11.6. The Morgan fingerprint density at radius 1 is 0.917 bits per heavy atom. The Hall–Kier alpha value is -1.10. The summed E-state index contributed by atoms with van der Waals surface area (Å²) < 4.78 is 12.1. The van der Waals surface area contributed by atoms with Crippen molar-refractivity contribution in [3.05, 3.63) is 0 Å². The molecule has 1 N–H and O–H groups in total. The number of hydrogen-bond donors (Lipinski definition) is 1. The van der Waals surface area contributed by atoms with Crippen LogP contribution < -0.4 is 0 Å². The number of aliphatic hydroxyl groups excluding tert-OH is 1. The fraction of sp³-hybridized carbons (Fsp3) is 0.935. The van der Waals surface area contributed by atoms with Crippen LogP contribution in [0.15, 0.2) is 0 Å². The Balaban J connectivity index is 1.65. The Morgan fingerprint density at radius 3 is 2.19 bits per heavy atom. The summed E-state index contributed by atoms with van der Waals surface area (Å²) >= 11 is 0. The average Bonchev–Trinajstić information content (AvgIpc) is 3.11. The standard InChI is InChI=1S/C31H52O5/c1-19(2)10-8-11-20(3)24-13-14-25-28-26(15-17-29(24,25)6)30(7)23(18-27(28)34)12-9-16-31(30,35-21(4)32)36-22(5)33/h19-20,23-28,34H,8-18H2,1-7H3/t20-,23-,24-,25+,26+,27-,28+,29-,30+/m1/s1. The summed E-state index contributed by atoms with van der Waals surface area (Å²) in [5, 5.41) is 11.7. The molecule has 5 heteroatoms. The third-order valence-electron chi connectivity index (χ3n) is 11.6. The summed E-state index contributed by atoms with van der Waals surface area (Å²) in [5.74, 6) is 1.15. The number of esters is 2. The lowest BCUT2D eigenvalue weighted by Crippen LogP contribution is -2.68. The maximum Gasteiger partial charge on any atom is 0.305 e. The van der Waals surface area contributed by atoms with Crippen LogP contribution >= 0.6 is 0 Å². The van der Waals surface area contributed by atoms with E-state index in [2.05, 4.69) is 34.6 Å². The monoisotopic (exact) mass is 504 g/mol. The van der Waals surface area contributed by atoms with E-state index in [1.165, 1.54) is 46.0 Å². The topological polar surface area (TPSA) is 72.8 Å². The number of hydrogen-bond acceptors (Lipinski definition) is 5. The average molecular weight is 505 g/mol. The van der Waals surface area contributed by atoms with E-state index < -0.39 is 23.1 Å². The van der Waals surface area contributed by atoms with Crippen molar-refractivity contribution >= 4 is 11.9 Å². The molecule has 4 rings (SSSR count). The summed E-state index contributed by atoms with van der Waals surface area (Å²) in [6.45, 7) is 14.7. The van der Waals surface area contributed by atoms with Crippen molar-refractivity contribution in [2.45, 2.75) is 131 Å². The number of aliphatic hydroxyl groups is 1. The van der Waals surface area contributed by atoms with E-state index >= 15 is 0 Å². The summed E-state index contributed by atoms with van der Waals surface area (Å²) in [6, 6.07) is 0. The van der Waals surface area contributed by atoms with Gasteiger partial charge in [0.2, 0.25) is 0 Å². The van der Waals surface area contributed by atoms with Gasteiger partial charge in [-0.15, -0.1) is 0 Å². The lowest BCUT2D eigenvalue weighted by Gasteiger charge is -2.65. The minimum atomic E-state index is -1.23. The van der Waals surface area contributed by atoms with Gasteiger partial charge in [0, 0.05) is 20.3 Å². The zero-order valence-corrected chi connectivity index (χ0v) is 24.0. The van der Waals surface area contributed by atoms with Gasteiger partial charge in [-0.1, -0.05) is 53.9 Å². The van der Waals surface area contributed by atoms with Crippen LogP contribution in [0.3, 0.4) is 0 Å². The van der Waals surface area contributed by atoms with Crippen LogP contribution in [0.5, 0.6) is 0 Å². The highest BCUT2D eigenvalue weighted by Crippen LogP contribution is 2.70. The van der Waals surface area contributed by atoms with Gasteiger partial charge < -0.3 is 14.6 Å². The molecule has 0 aromatic carbocycles. The van der Waals surface area contributed by atoms with Gasteiger partial charge in [0.15, 0.2) is 0 Å². The van der Waals surface area contributed by atoms with E-state index in [-0.39, 0.29) is 29.3 Å². The van der Waals surface area contributed by atoms with Crippen LogP contribution in [0.1, 0.15) is 119 Å². The van der Waals surface area contributed by atoms with Crippen molar-refractivity contribution in [2.24, 2.45) is 52.3 Å². The van der Waals surface area contributed by atoms with E-state index in [9.17, 15) is 14.7 Å². The normalized spacial score (nSPS) is 42.1. The minimum Gasteiger partial charge on any atom is -0.422 e. The smallest absolute Gasteiger partial charge is 0.305 e. The van der Waals surface area contributed by atoms with E-state index in [0.717, 1.165) is 31.6 Å². The second-order valence-corrected chi connectivity index (χ2v) is 13.9. The van der Waals surface area contributed by atoms with Crippen molar-refractivity contribution < 1.29 is 24.2 Å². The highest BCUT2D eigenvalue weighted by atomic mass is 16.7. The van der Waals surface area contributed by atoms with Gasteiger partial charge in [0.1, 0.15) is 0 Å². The molecule has 0 spiro atoms.